The molecule has 0 aromatic carbocycles. The fourth-order valence-corrected chi connectivity index (χ4v) is 2.40. The predicted octanol–water partition coefficient (Wildman–Crippen LogP) is -0.0915. The van der Waals surface area contributed by atoms with Gasteiger partial charge in [0.05, 0.1) is 13.1 Å². The first-order chi connectivity index (χ1) is 10.2. The second-order valence-corrected chi connectivity index (χ2v) is 4.95. The van der Waals surface area contributed by atoms with E-state index in [9.17, 15) is 9.59 Å². The minimum Gasteiger partial charge on any atom is -0.472 e. The van der Waals surface area contributed by atoms with Gasteiger partial charge in [-0.1, -0.05) is 0 Å². The quantitative estimate of drug-likeness (QED) is 0.771. The van der Waals surface area contributed by atoms with Crippen LogP contribution in [0.1, 0.15) is 6.42 Å². The molecular formula is C13H16N4O4. The molecule has 0 bridgehead atoms. The Balaban J connectivity index is 1.50. The van der Waals surface area contributed by atoms with Gasteiger partial charge in [-0.15, -0.1) is 0 Å². The number of ether oxygens (including phenoxy) is 2. The summed E-state index contributed by atoms with van der Waals surface area (Å²) in [5.74, 6) is 0.426. The van der Waals surface area contributed by atoms with Gasteiger partial charge >= 0.3 is 6.09 Å². The Morgan fingerprint density at radius 1 is 1.48 bits per heavy atom. The summed E-state index contributed by atoms with van der Waals surface area (Å²) in [7, 11) is 0. The van der Waals surface area contributed by atoms with Crippen molar-refractivity contribution >= 4 is 12.0 Å². The van der Waals surface area contributed by atoms with Crippen molar-refractivity contribution in [2.75, 3.05) is 32.8 Å². The molecule has 3 rings (SSSR count). The molecule has 1 aromatic heterocycles. The van der Waals surface area contributed by atoms with Crippen molar-refractivity contribution in [2.24, 2.45) is 0 Å². The summed E-state index contributed by atoms with van der Waals surface area (Å²) in [5.41, 5.74) is 0. The molecule has 8 heteroatoms. The van der Waals surface area contributed by atoms with Crippen LogP contribution in [0, 0.1) is 0 Å². The van der Waals surface area contributed by atoms with Crippen LogP contribution in [0.25, 0.3) is 0 Å². The number of likely N-dealkylation sites (tertiary alicyclic amines) is 1. The van der Waals surface area contributed by atoms with E-state index in [1.54, 1.807) is 17.2 Å². The number of carbonyl (C=O) groups excluding carboxylic acids is 2. The Morgan fingerprint density at radius 3 is 3.10 bits per heavy atom. The van der Waals surface area contributed by atoms with E-state index in [1.165, 1.54) is 11.2 Å². The van der Waals surface area contributed by atoms with Gasteiger partial charge in [-0.3, -0.25) is 9.69 Å². The third-order valence-electron chi connectivity index (χ3n) is 3.51. The molecule has 0 radical (unpaired) electrons. The van der Waals surface area contributed by atoms with E-state index in [1.807, 2.05) is 0 Å². The molecule has 0 aliphatic carbocycles. The number of hydrogen-bond donors (Lipinski definition) is 0. The van der Waals surface area contributed by atoms with Gasteiger partial charge in [0.2, 0.25) is 11.8 Å². The maximum atomic E-state index is 12.1. The lowest BCUT2D eigenvalue weighted by Crippen LogP contribution is -2.40. The molecule has 0 spiro atoms. The summed E-state index contributed by atoms with van der Waals surface area (Å²) < 4.78 is 10.5. The predicted molar refractivity (Wildman–Crippen MR) is 70.6 cm³/mol. The SMILES string of the molecule is O=C(CN1CCOC1=O)N1CC[C@H](Oc2ccncn2)C1. The Labute approximate surface area is 121 Å². The number of cyclic esters (lactones) is 1. The summed E-state index contributed by atoms with van der Waals surface area (Å²) >= 11 is 0. The maximum Gasteiger partial charge on any atom is 0.410 e. The number of amides is 2. The van der Waals surface area contributed by atoms with Gasteiger partial charge in [0.1, 0.15) is 25.6 Å². The fourth-order valence-electron chi connectivity index (χ4n) is 2.40. The standard InChI is InChI=1S/C13H16N4O4/c18-12(8-17-5-6-20-13(17)19)16-4-2-10(7-16)21-11-1-3-14-9-15-11/h1,3,9-10H,2,4-8H2/t10-/m0/s1. The number of hydrogen-bond acceptors (Lipinski definition) is 6. The van der Waals surface area contributed by atoms with Crippen molar-refractivity contribution in [3.8, 4) is 5.88 Å². The van der Waals surface area contributed by atoms with E-state index in [0.717, 1.165) is 6.42 Å². The van der Waals surface area contributed by atoms with Gasteiger partial charge in [0.15, 0.2) is 0 Å². The van der Waals surface area contributed by atoms with E-state index in [4.69, 9.17) is 9.47 Å². The van der Waals surface area contributed by atoms with Crippen molar-refractivity contribution < 1.29 is 19.1 Å². The normalized spacial score (nSPS) is 21.5. The summed E-state index contributed by atoms with van der Waals surface area (Å²) in [6.07, 6.45) is 3.29. The van der Waals surface area contributed by atoms with E-state index < -0.39 is 6.09 Å². The fraction of sp³-hybridized carbons (Fsp3) is 0.538. The monoisotopic (exact) mass is 292 g/mol. The van der Waals surface area contributed by atoms with Crippen LogP contribution in [0.3, 0.4) is 0 Å². The van der Waals surface area contributed by atoms with E-state index in [-0.39, 0.29) is 18.6 Å². The third-order valence-corrected chi connectivity index (χ3v) is 3.51. The highest BCUT2D eigenvalue weighted by Crippen LogP contribution is 2.16. The smallest absolute Gasteiger partial charge is 0.410 e. The van der Waals surface area contributed by atoms with Crippen molar-refractivity contribution in [3.63, 3.8) is 0 Å². The number of aromatic nitrogens is 2. The van der Waals surface area contributed by atoms with Crippen molar-refractivity contribution in [1.29, 1.82) is 0 Å². The molecule has 2 aliphatic rings. The highest BCUT2D eigenvalue weighted by Gasteiger charge is 2.31. The van der Waals surface area contributed by atoms with E-state index >= 15 is 0 Å². The van der Waals surface area contributed by atoms with Crippen molar-refractivity contribution in [2.45, 2.75) is 12.5 Å². The van der Waals surface area contributed by atoms with E-state index in [2.05, 4.69) is 9.97 Å². The molecule has 0 unspecified atom stereocenters. The summed E-state index contributed by atoms with van der Waals surface area (Å²) in [5, 5.41) is 0. The van der Waals surface area contributed by atoms with Crippen molar-refractivity contribution in [1.82, 2.24) is 19.8 Å². The molecule has 112 valence electrons. The molecule has 2 fully saturated rings. The first-order valence-electron chi connectivity index (χ1n) is 6.84. The molecule has 2 amide bonds. The minimum atomic E-state index is -0.420. The van der Waals surface area contributed by atoms with Gasteiger partial charge in [0, 0.05) is 25.2 Å². The molecule has 2 aliphatic heterocycles. The zero-order valence-corrected chi connectivity index (χ0v) is 11.5. The summed E-state index contributed by atoms with van der Waals surface area (Å²) in [6, 6.07) is 1.69. The third kappa shape index (κ3) is 3.21. The minimum absolute atomic E-state index is 0.0685. The van der Waals surface area contributed by atoms with Gasteiger partial charge in [-0.2, -0.15) is 0 Å². The lowest BCUT2D eigenvalue weighted by molar-refractivity contribution is -0.130. The molecule has 1 atom stereocenters. The van der Waals surface area contributed by atoms with Crippen LogP contribution in [0.5, 0.6) is 5.88 Å². The van der Waals surface area contributed by atoms with Crippen LogP contribution in [-0.2, 0) is 9.53 Å². The van der Waals surface area contributed by atoms with Gasteiger partial charge in [-0.25, -0.2) is 14.8 Å². The molecule has 0 N–H and O–H groups in total. The summed E-state index contributed by atoms with van der Waals surface area (Å²) in [6.45, 7) is 2.02. The highest BCUT2D eigenvalue weighted by atomic mass is 16.6. The average Bonchev–Trinajstić information content (AvgIpc) is 3.10. The van der Waals surface area contributed by atoms with E-state index in [0.29, 0.717) is 32.1 Å². The lowest BCUT2D eigenvalue weighted by Gasteiger charge is -2.19. The van der Waals surface area contributed by atoms with Crippen LogP contribution in [0.2, 0.25) is 0 Å². The molecule has 0 saturated carbocycles. The van der Waals surface area contributed by atoms with Gasteiger partial charge < -0.3 is 14.4 Å². The maximum absolute atomic E-state index is 12.1. The zero-order valence-electron chi connectivity index (χ0n) is 11.5. The Kier molecular flexibility index (Phi) is 3.85. The van der Waals surface area contributed by atoms with Crippen LogP contribution >= 0.6 is 0 Å². The Bertz CT molecular complexity index is 524. The topological polar surface area (TPSA) is 84.9 Å². The lowest BCUT2D eigenvalue weighted by atomic mass is 10.3. The average molecular weight is 292 g/mol. The van der Waals surface area contributed by atoms with Gasteiger partial charge in [0.25, 0.3) is 0 Å². The van der Waals surface area contributed by atoms with Crippen LogP contribution < -0.4 is 4.74 Å². The Morgan fingerprint density at radius 2 is 2.38 bits per heavy atom. The number of nitrogens with zero attached hydrogens (tertiary/aromatic N) is 4. The molecular weight excluding hydrogens is 276 g/mol. The first kappa shape index (κ1) is 13.6. The molecule has 21 heavy (non-hydrogen) atoms. The highest BCUT2D eigenvalue weighted by molar-refractivity contribution is 5.83. The molecule has 3 heterocycles. The molecule has 1 aromatic rings. The van der Waals surface area contributed by atoms with Gasteiger partial charge in [-0.05, 0) is 0 Å². The first-order valence-corrected chi connectivity index (χ1v) is 6.84. The second kappa shape index (κ2) is 5.94. The number of rotatable bonds is 4. The Hall–Kier alpha value is -2.38. The molecule has 8 nitrogen and oxygen atoms in total. The van der Waals surface area contributed by atoms with Crippen LogP contribution in [0.4, 0.5) is 4.79 Å². The number of carbonyl (C=O) groups is 2. The van der Waals surface area contributed by atoms with Crippen molar-refractivity contribution in [3.05, 3.63) is 18.6 Å². The van der Waals surface area contributed by atoms with Crippen LogP contribution in [0.15, 0.2) is 18.6 Å². The summed E-state index contributed by atoms with van der Waals surface area (Å²) in [4.78, 5) is 34.4. The zero-order chi connectivity index (χ0) is 14.7. The molecule has 2 saturated heterocycles. The largest absolute Gasteiger partial charge is 0.472 e. The van der Waals surface area contributed by atoms with Crippen LogP contribution in [-0.4, -0.2) is 70.7 Å². The second-order valence-electron chi connectivity index (χ2n) is 4.95.